The van der Waals surface area contributed by atoms with Crippen LogP contribution in [0.15, 0.2) is 0 Å². The predicted molar refractivity (Wildman–Crippen MR) is 84.3 cm³/mol. The number of unbranched alkanes of at least 4 members (excludes halogenated alkanes) is 1. The minimum Gasteiger partial charge on any atom is -0.481 e. The molecular formula is C14H30N2O4S. The second-order valence-corrected chi connectivity index (χ2v) is 7.66. The molecule has 6 nitrogen and oxygen atoms in total. The maximum Gasteiger partial charge on any atom is 0.303 e. The Hall–Kier alpha value is -0.660. The zero-order valence-corrected chi connectivity index (χ0v) is 14.4. The summed E-state index contributed by atoms with van der Waals surface area (Å²) >= 11 is 0. The van der Waals surface area contributed by atoms with Gasteiger partial charge in [0.1, 0.15) is 0 Å². The number of aliphatic carboxylic acids is 1. The maximum absolute atomic E-state index is 12.0. The fourth-order valence-corrected chi connectivity index (χ4v) is 3.07. The van der Waals surface area contributed by atoms with Gasteiger partial charge in [-0.15, -0.1) is 0 Å². The molecule has 0 rings (SSSR count). The molecule has 0 aromatic carbocycles. The Balaban J connectivity index is 4.26. The molecule has 1 unspecified atom stereocenters. The van der Waals surface area contributed by atoms with Crippen molar-refractivity contribution in [2.75, 3.05) is 20.1 Å². The number of carboxylic acids is 1. The molecule has 0 saturated heterocycles. The molecule has 0 bridgehead atoms. The van der Waals surface area contributed by atoms with Crippen molar-refractivity contribution < 1.29 is 18.3 Å². The molecule has 0 fully saturated rings. The average molecular weight is 322 g/mol. The Morgan fingerprint density at radius 3 is 2.38 bits per heavy atom. The minimum absolute atomic E-state index is 0.131. The van der Waals surface area contributed by atoms with Crippen molar-refractivity contribution in [3.05, 3.63) is 0 Å². The van der Waals surface area contributed by atoms with E-state index in [0.29, 0.717) is 31.8 Å². The van der Waals surface area contributed by atoms with Crippen LogP contribution in [0.2, 0.25) is 0 Å². The number of hydrogen-bond donors (Lipinski definition) is 2. The fourth-order valence-electron chi connectivity index (χ4n) is 2.10. The lowest BCUT2D eigenvalue weighted by Gasteiger charge is -2.22. The second-order valence-electron chi connectivity index (χ2n) is 5.80. The van der Waals surface area contributed by atoms with Crippen LogP contribution in [0.3, 0.4) is 0 Å². The molecule has 0 aliphatic carbocycles. The van der Waals surface area contributed by atoms with E-state index in [9.17, 15) is 13.2 Å². The molecule has 0 amide bonds. The zero-order valence-electron chi connectivity index (χ0n) is 13.6. The van der Waals surface area contributed by atoms with Crippen molar-refractivity contribution in [1.29, 1.82) is 0 Å². The summed E-state index contributed by atoms with van der Waals surface area (Å²) in [5, 5.41) is 8.74. The van der Waals surface area contributed by atoms with Crippen LogP contribution in [0.25, 0.3) is 0 Å². The molecule has 2 N–H and O–H groups in total. The van der Waals surface area contributed by atoms with Gasteiger partial charge in [-0.3, -0.25) is 4.79 Å². The van der Waals surface area contributed by atoms with Crippen LogP contribution in [-0.4, -0.2) is 43.9 Å². The predicted octanol–water partition coefficient (Wildman–Crippen LogP) is 2.08. The number of hydrogen-bond acceptors (Lipinski definition) is 3. The first kappa shape index (κ1) is 20.3. The van der Waals surface area contributed by atoms with Crippen LogP contribution in [0.1, 0.15) is 52.9 Å². The average Bonchev–Trinajstić information content (AvgIpc) is 2.38. The third-order valence-corrected chi connectivity index (χ3v) is 5.28. The normalized spacial score (nSPS) is 13.8. The van der Waals surface area contributed by atoms with Gasteiger partial charge in [0.25, 0.3) is 10.2 Å². The van der Waals surface area contributed by atoms with Crippen LogP contribution >= 0.6 is 0 Å². The summed E-state index contributed by atoms with van der Waals surface area (Å²) in [7, 11) is -1.85. The van der Waals surface area contributed by atoms with E-state index in [-0.39, 0.29) is 12.3 Å². The fraction of sp³-hybridized carbons (Fsp3) is 0.929. The lowest BCUT2D eigenvalue weighted by molar-refractivity contribution is -0.137. The van der Waals surface area contributed by atoms with Gasteiger partial charge in [-0.2, -0.15) is 12.7 Å². The molecular weight excluding hydrogens is 292 g/mol. The molecule has 0 saturated carbocycles. The van der Waals surface area contributed by atoms with Crippen LogP contribution in [0, 0.1) is 11.8 Å². The van der Waals surface area contributed by atoms with E-state index >= 15 is 0 Å². The van der Waals surface area contributed by atoms with Crippen molar-refractivity contribution >= 4 is 16.2 Å². The Bertz CT molecular complexity index is 396. The summed E-state index contributed by atoms with van der Waals surface area (Å²) in [6.07, 6.45) is 3.16. The summed E-state index contributed by atoms with van der Waals surface area (Å²) in [4.78, 5) is 10.6. The third-order valence-electron chi connectivity index (χ3n) is 3.71. The standard InChI is InChI=1S/C14H30N2O4S/c1-5-6-11-16(4)21(19,20)15-10-9-13(12(2)3)7-8-14(17)18/h12-13,15H,5-11H2,1-4H3,(H,17,18). The number of nitrogens with one attached hydrogen (secondary N) is 1. The van der Waals surface area contributed by atoms with E-state index in [0.717, 1.165) is 12.8 Å². The zero-order chi connectivity index (χ0) is 16.5. The van der Waals surface area contributed by atoms with Crippen molar-refractivity contribution in [3.63, 3.8) is 0 Å². The number of nitrogens with zero attached hydrogens (tertiary/aromatic N) is 1. The molecule has 0 aromatic heterocycles. The van der Waals surface area contributed by atoms with Crippen LogP contribution < -0.4 is 4.72 Å². The first-order chi connectivity index (χ1) is 9.70. The van der Waals surface area contributed by atoms with E-state index < -0.39 is 16.2 Å². The van der Waals surface area contributed by atoms with Crippen molar-refractivity contribution in [3.8, 4) is 0 Å². The summed E-state index contributed by atoms with van der Waals surface area (Å²) < 4.78 is 27.9. The summed E-state index contributed by atoms with van der Waals surface area (Å²) in [5.41, 5.74) is 0. The highest BCUT2D eigenvalue weighted by molar-refractivity contribution is 7.87. The Morgan fingerprint density at radius 1 is 1.29 bits per heavy atom. The molecule has 0 aliphatic heterocycles. The van der Waals surface area contributed by atoms with Gasteiger partial charge in [-0.05, 0) is 31.1 Å². The number of carbonyl (C=O) groups is 1. The van der Waals surface area contributed by atoms with E-state index in [1.54, 1.807) is 7.05 Å². The Labute approximate surface area is 129 Å². The first-order valence-corrected chi connectivity index (χ1v) is 9.07. The van der Waals surface area contributed by atoms with Gasteiger partial charge in [0.15, 0.2) is 0 Å². The monoisotopic (exact) mass is 322 g/mol. The third kappa shape index (κ3) is 9.06. The molecule has 0 spiro atoms. The van der Waals surface area contributed by atoms with Gasteiger partial charge < -0.3 is 5.11 Å². The summed E-state index contributed by atoms with van der Waals surface area (Å²) in [6, 6.07) is 0. The molecule has 1 atom stereocenters. The molecule has 0 aromatic rings. The van der Waals surface area contributed by atoms with Crippen LogP contribution in [-0.2, 0) is 15.0 Å². The highest BCUT2D eigenvalue weighted by Crippen LogP contribution is 2.20. The highest BCUT2D eigenvalue weighted by Gasteiger charge is 2.19. The van der Waals surface area contributed by atoms with Crippen molar-refractivity contribution in [2.24, 2.45) is 11.8 Å². The van der Waals surface area contributed by atoms with Gasteiger partial charge in [0.05, 0.1) is 0 Å². The quantitative estimate of drug-likeness (QED) is 0.576. The second kappa shape index (κ2) is 10.1. The van der Waals surface area contributed by atoms with E-state index in [1.807, 2.05) is 20.8 Å². The van der Waals surface area contributed by atoms with Crippen LogP contribution in [0.4, 0.5) is 0 Å². The summed E-state index contributed by atoms with van der Waals surface area (Å²) in [6.45, 7) is 6.95. The van der Waals surface area contributed by atoms with Crippen LogP contribution in [0.5, 0.6) is 0 Å². The summed E-state index contributed by atoms with van der Waals surface area (Å²) in [5.74, 6) is -0.253. The lowest BCUT2D eigenvalue weighted by Crippen LogP contribution is -2.39. The van der Waals surface area contributed by atoms with Gasteiger partial charge in [0.2, 0.25) is 0 Å². The maximum atomic E-state index is 12.0. The van der Waals surface area contributed by atoms with E-state index in [1.165, 1.54) is 4.31 Å². The van der Waals surface area contributed by atoms with E-state index in [4.69, 9.17) is 5.11 Å². The first-order valence-electron chi connectivity index (χ1n) is 7.63. The van der Waals surface area contributed by atoms with Crippen molar-refractivity contribution in [2.45, 2.75) is 52.9 Å². The van der Waals surface area contributed by atoms with Gasteiger partial charge in [-0.25, -0.2) is 4.72 Å². The SMILES string of the molecule is CCCCN(C)S(=O)(=O)NCCC(CCC(=O)O)C(C)C. The van der Waals surface area contributed by atoms with E-state index in [2.05, 4.69) is 4.72 Å². The minimum atomic E-state index is -3.42. The topological polar surface area (TPSA) is 86.7 Å². The van der Waals surface area contributed by atoms with Gasteiger partial charge in [-0.1, -0.05) is 27.2 Å². The molecule has 7 heteroatoms. The molecule has 21 heavy (non-hydrogen) atoms. The van der Waals surface area contributed by atoms with Gasteiger partial charge >= 0.3 is 5.97 Å². The number of carboxylic acid groups (broad SMARTS) is 1. The molecule has 0 radical (unpaired) electrons. The lowest BCUT2D eigenvalue weighted by atomic mass is 9.88. The smallest absolute Gasteiger partial charge is 0.303 e. The Morgan fingerprint density at radius 2 is 1.90 bits per heavy atom. The molecule has 0 heterocycles. The van der Waals surface area contributed by atoms with Crippen molar-refractivity contribution in [1.82, 2.24) is 9.03 Å². The number of rotatable bonds is 12. The largest absolute Gasteiger partial charge is 0.481 e. The molecule has 0 aliphatic rings. The highest BCUT2D eigenvalue weighted by atomic mass is 32.2. The molecule has 126 valence electrons. The Kier molecular flexibility index (Phi) is 9.81. The van der Waals surface area contributed by atoms with Gasteiger partial charge in [0, 0.05) is 26.6 Å².